The van der Waals surface area contributed by atoms with Crippen molar-refractivity contribution in [3.05, 3.63) is 22.4 Å². The molecule has 2 amide bonds. The van der Waals surface area contributed by atoms with Gasteiger partial charge in [0.15, 0.2) is 0 Å². The maximum atomic E-state index is 11.9. The van der Waals surface area contributed by atoms with E-state index in [9.17, 15) is 9.59 Å². The Morgan fingerprint density at radius 2 is 2.30 bits per heavy atom. The average molecular weight is 300 g/mol. The number of thiophene rings is 1. The van der Waals surface area contributed by atoms with Gasteiger partial charge in [0.2, 0.25) is 0 Å². The standard InChI is InChI=1S/C13H20N2O4S/c1-15(9-10-5-4-8-20-10)13(18)14-11(12(16)17)6-3-7-19-2/h4-5,8,11H,3,6-7,9H2,1-2H3,(H,14,18)(H,16,17). The van der Waals surface area contributed by atoms with Crippen molar-refractivity contribution in [3.8, 4) is 0 Å². The highest BCUT2D eigenvalue weighted by atomic mass is 32.1. The number of methoxy groups -OCH3 is 1. The Balaban J connectivity index is 2.45. The molecule has 20 heavy (non-hydrogen) atoms. The number of hydrogen-bond acceptors (Lipinski definition) is 4. The Labute approximate surface area is 122 Å². The number of rotatable bonds is 8. The van der Waals surface area contributed by atoms with Crippen LogP contribution in [0.4, 0.5) is 4.79 Å². The fourth-order valence-electron chi connectivity index (χ4n) is 1.66. The zero-order valence-corrected chi connectivity index (χ0v) is 12.5. The van der Waals surface area contributed by atoms with Crippen molar-refractivity contribution < 1.29 is 19.4 Å². The van der Waals surface area contributed by atoms with E-state index in [0.29, 0.717) is 26.0 Å². The third-order valence-corrected chi connectivity index (χ3v) is 3.62. The fraction of sp³-hybridized carbons (Fsp3) is 0.538. The maximum absolute atomic E-state index is 11.9. The number of nitrogens with zero attached hydrogens (tertiary/aromatic N) is 1. The number of hydrogen-bond donors (Lipinski definition) is 2. The SMILES string of the molecule is COCCCC(NC(=O)N(C)Cc1cccs1)C(=O)O. The number of aliphatic carboxylic acids is 1. The van der Waals surface area contributed by atoms with Crippen LogP contribution >= 0.6 is 11.3 Å². The number of carboxylic acid groups (broad SMARTS) is 1. The first-order chi connectivity index (χ1) is 9.54. The number of carbonyl (C=O) groups is 2. The summed E-state index contributed by atoms with van der Waals surface area (Å²) in [6, 6.07) is 2.57. The highest BCUT2D eigenvalue weighted by Gasteiger charge is 2.21. The predicted molar refractivity (Wildman–Crippen MR) is 76.9 cm³/mol. The van der Waals surface area contributed by atoms with E-state index in [-0.39, 0.29) is 6.03 Å². The van der Waals surface area contributed by atoms with Crippen LogP contribution in [-0.2, 0) is 16.1 Å². The number of carbonyl (C=O) groups excluding carboxylic acids is 1. The van der Waals surface area contributed by atoms with Crippen molar-refractivity contribution in [2.45, 2.75) is 25.4 Å². The van der Waals surface area contributed by atoms with Crippen molar-refractivity contribution in [3.63, 3.8) is 0 Å². The second kappa shape index (κ2) is 8.55. The summed E-state index contributed by atoms with van der Waals surface area (Å²) in [7, 11) is 3.20. The smallest absolute Gasteiger partial charge is 0.326 e. The second-order valence-electron chi connectivity index (χ2n) is 4.41. The van der Waals surface area contributed by atoms with Gasteiger partial charge in [-0.05, 0) is 24.3 Å². The third kappa shape index (κ3) is 5.58. The van der Waals surface area contributed by atoms with Crippen LogP contribution in [0.3, 0.4) is 0 Å². The average Bonchev–Trinajstić information content (AvgIpc) is 2.90. The Morgan fingerprint density at radius 3 is 2.85 bits per heavy atom. The monoisotopic (exact) mass is 300 g/mol. The molecule has 112 valence electrons. The molecule has 6 nitrogen and oxygen atoms in total. The molecule has 1 heterocycles. The molecule has 0 radical (unpaired) electrons. The molecule has 1 rings (SSSR count). The summed E-state index contributed by atoms with van der Waals surface area (Å²) in [4.78, 5) is 25.6. The number of amides is 2. The number of nitrogens with one attached hydrogen (secondary N) is 1. The topological polar surface area (TPSA) is 78.9 Å². The minimum atomic E-state index is -1.03. The lowest BCUT2D eigenvalue weighted by Gasteiger charge is -2.21. The van der Waals surface area contributed by atoms with E-state index in [1.54, 1.807) is 25.5 Å². The van der Waals surface area contributed by atoms with Gasteiger partial charge in [-0.25, -0.2) is 9.59 Å². The predicted octanol–water partition coefficient (Wildman–Crippen LogP) is 1.77. The van der Waals surface area contributed by atoms with Crippen LogP contribution in [0.1, 0.15) is 17.7 Å². The van der Waals surface area contributed by atoms with E-state index >= 15 is 0 Å². The number of carboxylic acids is 1. The second-order valence-corrected chi connectivity index (χ2v) is 5.44. The lowest BCUT2D eigenvalue weighted by molar-refractivity contribution is -0.139. The number of urea groups is 1. The Hall–Kier alpha value is -1.60. The van der Waals surface area contributed by atoms with Gasteiger partial charge < -0.3 is 20.1 Å². The first kappa shape index (κ1) is 16.5. The summed E-state index contributed by atoms with van der Waals surface area (Å²) in [6.07, 6.45) is 0.935. The van der Waals surface area contributed by atoms with Crippen LogP contribution in [0, 0.1) is 0 Å². The molecule has 2 N–H and O–H groups in total. The molecular formula is C13H20N2O4S. The zero-order valence-electron chi connectivity index (χ0n) is 11.7. The van der Waals surface area contributed by atoms with Crippen LogP contribution in [0.5, 0.6) is 0 Å². The molecule has 0 saturated carbocycles. The van der Waals surface area contributed by atoms with Gasteiger partial charge in [-0.15, -0.1) is 11.3 Å². The van der Waals surface area contributed by atoms with Crippen molar-refractivity contribution >= 4 is 23.3 Å². The summed E-state index contributed by atoms with van der Waals surface area (Å²) in [5, 5.41) is 13.5. The summed E-state index contributed by atoms with van der Waals surface area (Å²) < 4.78 is 4.88. The van der Waals surface area contributed by atoms with Crippen molar-refractivity contribution in [1.82, 2.24) is 10.2 Å². The molecule has 0 saturated heterocycles. The molecule has 0 aliphatic heterocycles. The molecule has 0 spiro atoms. The van der Waals surface area contributed by atoms with Crippen molar-refractivity contribution in [1.29, 1.82) is 0 Å². The quantitative estimate of drug-likeness (QED) is 0.717. The van der Waals surface area contributed by atoms with Gasteiger partial charge in [0.05, 0.1) is 6.54 Å². The molecule has 0 aliphatic rings. The van der Waals surface area contributed by atoms with Crippen LogP contribution in [-0.4, -0.2) is 48.8 Å². The van der Waals surface area contributed by atoms with Crippen molar-refractivity contribution in [2.24, 2.45) is 0 Å². The largest absolute Gasteiger partial charge is 0.480 e. The summed E-state index contributed by atoms with van der Waals surface area (Å²) in [6.45, 7) is 0.943. The minimum Gasteiger partial charge on any atom is -0.480 e. The lowest BCUT2D eigenvalue weighted by Crippen LogP contribution is -2.46. The first-order valence-electron chi connectivity index (χ1n) is 6.30. The molecular weight excluding hydrogens is 280 g/mol. The minimum absolute atomic E-state index is 0.349. The van der Waals surface area contributed by atoms with Gasteiger partial charge in [-0.1, -0.05) is 6.07 Å². The highest BCUT2D eigenvalue weighted by Crippen LogP contribution is 2.11. The summed E-state index contributed by atoms with van der Waals surface area (Å²) in [5.41, 5.74) is 0. The molecule has 1 aromatic rings. The molecule has 0 aliphatic carbocycles. The van der Waals surface area contributed by atoms with Gasteiger partial charge >= 0.3 is 12.0 Å². The van der Waals surface area contributed by atoms with Crippen LogP contribution in [0.25, 0.3) is 0 Å². The number of ether oxygens (including phenoxy) is 1. The van der Waals surface area contributed by atoms with Crippen LogP contribution < -0.4 is 5.32 Å². The highest BCUT2D eigenvalue weighted by molar-refractivity contribution is 7.09. The van der Waals surface area contributed by atoms with Gasteiger partial charge in [-0.2, -0.15) is 0 Å². The fourth-order valence-corrected chi connectivity index (χ4v) is 2.41. The molecule has 7 heteroatoms. The molecule has 0 aromatic carbocycles. The normalized spacial score (nSPS) is 11.9. The van der Waals surface area contributed by atoms with Crippen LogP contribution in [0.2, 0.25) is 0 Å². The summed E-state index contributed by atoms with van der Waals surface area (Å²) in [5.74, 6) is -1.03. The Morgan fingerprint density at radius 1 is 1.55 bits per heavy atom. The van der Waals surface area contributed by atoms with E-state index in [2.05, 4.69) is 5.32 Å². The Kier molecular flexibility index (Phi) is 7.03. The molecule has 1 atom stereocenters. The van der Waals surface area contributed by atoms with E-state index in [1.807, 2.05) is 17.5 Å². The molecule has 0 bridgehead atoms. The van der Waals surface area contributed by atoms with Gasteiger partial charge in [0, 0.05) is 25.6 Å². The zero-order chi connectivity index (χ0) is 15.0. The lowest BCUT2D eigenvalue weighted by atomic mass is 10.1. The van der Waals surface area contributed by atoms with Gasteiger partial charge in [0.1, 0.15) is 6.04 Å². The molecule has 0 fully saturated rings. The van der Waals surface area contributed by atoms with Crippen LogP contribution in [0.15, 0.2) is 17.5 Å². The van der Waals surface area contributed by atoms with Crippen molar-refractivity contribution in [2.75, 3.05) is 20.8 Å². The van der Waals surface area contributed by atoms with Gasteiger partial charge in [0.25, 0.3) is 0 Å². The van der Waals surface area contributed by atoms with E-state index in [0.717, 1.165) is 4.88 Å². The van der Waals surface area contributed by atoms with Gasteiger partial charge in [-0.3, -0.25) is 0 Å². The molecule has 1 unspecified atom stereocenters. The van der Waals surface area contributed by atoms with E-state index < -0.39 is 12.0 Å². The Bertz CT molecular complexity index is 422. The first-order valence-corrected chi connectivity index (χ1v) is 7.18. The maximum Gasteiger partial charge on any atom is 0.326 e. The van der Waals surface area contributed by atoms with E-state index in [4.69, 9.17) is 9.84 Å². The summed E-state index contributed by atoms with van der Waals surface area (Å²) >= 11 is 1.56. The third-order valence-electron chi connectivity index (χ3n) is 2.76. The van der Waals surface area contributed by atoms with E-state index in [1.165, 1.54) is 4.90 Å². The molecule has 1 aromatic heterocycles.